The van der Waals surface area contributed by atoms with Gasteiger partial charge in [0, 0.05) is 13.3 Å². The summed E-state index contributed by atoms with van der Waals surface area (Å²) >= 11 is 0. The van der Waals surface area contributed by atoms with Gasteiger partial charge >= 0.3 is 5.97 Å². The number of esters is 1. The first-order valence-corrected chi connectivity index (χ1v) is 2.62. The molecule has 0 atom stereocenters. The average molecular weight is 126 g/mol. The number of allylic oxidation sites excluding steroid dienone is 2. The molecule has 0 fully saturated rings. The van der Waals surface area contributed by atoms with Gasteiger partial charge in [-0.2, -0.15) is 0 Å². The van der Waals surface area contributed by atoms with Crippen LogP contribution >= 0.6 is 0 Å². The fourth-order valence-electron chi connectivity index (χ4n) is 0.522. The zero-order valence-corrected chi connectivity index (χ0v) is 5.01. The molecule has 0 aliphatic heterocycles. The number of ketones is 1. The molecule has 0 unspecified atom stereocenters. The van der Waals surface area contributed by atoms with Gasteiger partial charge in [0.05, 0.1) is 0 Å². The molecule has 0 bridgehead atoms. The molecule has 0 amide bonds. The first-order valence-electron chi connectivity index (χ1n) is 2.62. The van der Waals surface area contributed by atoms with Crippen molar-refractivity contribution in [2.75, 3.05) is 0 Å². The molecule has 0 aromatic rings. The van der Waals surface area contributed by atoms with E-state index >= 15 is 0 Å². The van der Waals surface area contributed by atoms with Crippen molar-refractivity contribution >= 4 is 11.8 Å². The highest BCUT2D eigenvalue weighted by Crippen LogP contribution is 2.14. The van der Waals surface area contributed by atoms with Crippen LogP contribution in [-0.4, -0.2) is 11.8 Å². The smallest absolute Gasteiger partial charge is 0.308 e. The monoisotopic (exact) mass is 126 g/mol. The van der Waals surface area contributed by atoms with Gasteiger partial charge in [0.2, 0.25) is 5.78 Å². The molecule has 1 aliphatic carbocycles. The van der Waals surface area contributed by atoms with Crippen LogP contribution in [0.3, 0.4) is 0 Å². The number of rotatable bonds is 1. The Morgan fingerprint density at radius 1 is 1.78 bits per heavy atom. The van der Waals surface area contributed by atoms with Gasteiger partial charge in [-0.3, -0.25) is 9.59 Å². The fraction of sp³-hybridized carbons (Fsp3) is 0.333. The summed E-state index contributed by atoms with van der Waals surface area (Å²) in [5.41, 5.74) is 0. The summed E-state index contributed by atoms with van der Waals surface area (Å²) < 4.78 is 4.47. The molecule has 9 heavy (non-hydrogen) atoms. The molecule has 0 N–H and O–H groups in total. The molecule has 0 aromatic heterocycles. The molecule has 1 rings (SSSR count). The number of hydrogen-bond donors (Lipinski definition) is 0. The summed E-state index contributed by atoms with van der Waals surface area (Å²) in [6, 6.07) is 0. The summed E-state index contributed by atoms with van der Waals surface area (Å²) in [5, 5.41) is 0. The Bertz CT molecular complexity index is 190. The van der Waals surface area contributed by atoms with Gasteiger partial charge in [-0.25, -0.2) is 0 Å². The van der Waals surface area contributed by atoms with Crippen molar-refractivity contribution in [2.24, 2.45) is 0 Å². The lowest BCUT2D eigenvalue weighted by Crippen LogP contribution is -2.15. The number of ether oxygens (including phenoxy) is 1. The lowest BCUT2D eigenvalue weighted by molar-refractivity contribution is -0.141. The Morgan fingerprint density at radius 2 is 2.44 bits per heavy atom. The molecule has 0 saturated heterocycles. The second kappa shape index (κ2) is 2.01. The molecule has 3 heteroatoms. The highest BCUT2D eigenvalue weighted by Gasteiger charge is 2.19. The Labute approximate surface area is 52.3 Å². The molecule has 0 radical (unpaired) electrons. The molecule has 1 aliphatic rings. The maximum absolute atomic E-state index is 10.4. The second-order valence-electron chi connectivity index (χ2n) is 1.79. The van der Waals surface area contributed by atoms with Crippen LogP contribution in [0.2, 0.25) is 0 Å². The highest BCUT2D eigenvalue weighted by molar-refractivity contribution is 6.02. The van der Waals surface area contributed by atoms with Crippen molar-refractivity contribution in [1.82, 2.24) is 0 Å². The molecule has 3 nitrogen and oxygen atoms in total. The highest BCUT2D eigenvalue weighted by atomic mass is 16.5. The van der Waals surface area contributed by atoms with Gasteiger partial charge in [0.15, 0.2) is 5.76 Å². The third-order valence-electron chi connectivity index (χ3n) is 1.00. The van der Waals surface area contributed by atoms with Crippen molar-refractivity contribution in [3.63, 3.8) is 0 Å². The van der Waals surface area contributed by atoms with E-state index in [2.05, 4.69) is 4.74 Å². The van der Waals surface area contributed by atoms with Gasteiger partial charge in [0.1, 0.15) is 0 Å². The Morgan fingerprint density at radius 3 is 2.56 bits per heavy atom. The minimum absolute atomic E-state index is 0.0924. The maximum Gasteiger partial charge on any atom is 0.308 e. The Balaban J connectivity index is 2.47. The van der Waals surface area contributed by atoms with E-state index in [9.17, 15) is 9.59 Å². The zero-order chi connectivity index (χ0) is 6.85. The van der Waals surface area contributed by atoms with E-state index < -0.39 is 5.97 Å². The molecule has 0 heterocycles. The van der Waals surface area contributed by atoms with Crippen molar-refractivity contribution in [3.05, 3.63) is 11.8 Å². The largest absolute Gasteiger partial charge is 0.423 e. The number of Topliss-reactive ketones (excluding diaryl/α,β-unsaturated/α-hetero) is 1. The SMILES string of the molecule is CC(=O)OC1=CCC1=O. The van der Waals surface area contributed by atoms with Crippen LogP contribution in [0.1, 0.15) is 13.3 Å². The Kier molecular flexibility index (Phi) is 1.34. The van der Waals surface area contributed by atoms with Crippen molar-refractivity contribution in [3.8, 4) is 0 Å². The molecule has 0 spiro atoms. The first kappa shape index (κ1) is 6.01. The summed E-state index contributed by atoms with van der Waals surface area (Å²) in [4.78, 5) is 20.6. The van der Waals surface area contributed by atoms with E-state index in [0.29, 0.717) is 6.42 Å². The standard InChI is InChI=1S/C6H6O3/c1-4(7)9-6-3-2-5(6)8/h3H,2H2,1H3. The van der Waals surface area contributed by atoms with Crippen LogP contribution in [0.5, 0.6) is 0 Å². The normalized spacial score (nSPS) is 16.1. The van der Waals surface area contributed by atoms with E-state index in [1.165, 1.54) is 6.92 Å². The predicted octanol–water partition coefficient (Wildman–Crippen LogP) is 0.406. The van der Waals surface area contributed by atoms with Crippen LogP contribution in [0.15, 0.2) is 11.8 Å². The molecular weight excluding hydrogens is 120 g/mol. The quantitative estimate of drug-likeness (QED) is 0.478. The molecule has 48 valence electrons. The van der Waals surface area contributed by atoms with Crippen molar-refractivity contribution in [1.29, 1.82) is 0 Å². The van der Waals surface area contributed by atoms with E-state index in [-0.39, 0.29) is 11.5 Å². The van der Waals surface area contributed by atoms with Crippen LogP contribution in [-0.2, 0) is 14.3 Å². The number of carbonyl (C=O) groups excluding carboxylic acids is 2. The Hall–Kier alpha value is -1.12. The first-order chi connectivity index (χ1) is 4.20. The molecular formula is C6H6O3. The summed E-state index contributed by atoms with van der Waals surface area (Å²) in [6.07, 6.45) is 1.99. The number of carbonyl (C=O) groups is 2. The molecule has 0 saturated carbocycles. The van der Waals surface area contributed by atoms with Crippen LogP contribution in [0.25, 0.3) is 0 Å². The summed E-state index contributed by atoms with van der Waals surface area (Å²) in [5.74, 6) is -0.331. The number of hydrogen-bond acceptors (Lipinski definition) is 3. The summed E-state index contributed by atoms with van der Waals surface area (Å²) in [7, 11) is 0. The molecule has 0 aromatic carbocycles. The average Bonchev–Trinajstić information content (AvgIpc) is 1.79. The van der Waals surface area contributed by atoms with Gasteiger partial charge in [-0.1, -0.05) is 0 Å². The minimum atomic E-state index is -0.436. The van der Waals surface area contributed by atoms with E-state index in [0.717, 1.165) is 0 Å². The van der Waals surface area contributed by atoms with Gasteiger partial charge in [-0.05, 0) is 6.08 Å². The van der Waals surface area contributed by atoms with E-state index in [1.807, 2.05) is 0 Å². The lowest BCUT2D eigenvalue weighted by Gasteiger charge is -2.10. The fourth-order valence-corrected chi connectivity index (χ4v) is 0.522. The van der Waals surface area contributed by atoms with Gasteiger partial charge in [-0.15, -0.1) is 0 Å². The third kappa shape index (κ3) is 1.16. The maximum atomic E-state index is 10.4. The second-order valence-corrected chi connectivity index (χ2v) is 1.79. The van der Waals surface area contributed by atoms with Crippen LogP contribution < -0.4 is 0 Å². The van der Waals surface area contributed by atoms with E-state index in [1.54, 1.807) is 6.08 Å². The summed E-state index contributed by atoms with van der Waals surface area (Å²) in [6.45, 7) is 1.27. The predicted molar refractivity (Wildman–Crippen MR) is 29.5 cm³/mol. The van der Waals surface area contributed by atoms with E-state index in [4.69, 9.17) is 0 Å². The van der Waals surface area contributed by atoms with Gasteiger partial charge in [0.25, 0.3) is 0 Å². The lowest BCUT2D eigenvalue weighted by atomic mass is 10.1. The minimum Gasteiger partial charge on any atom is -0.423 e. The topological polar surface area (TPSA) is 43.4 Å². The van der Waals surface area contributed by atoms with Gasteiger partial charge < -0.3 is 4.74 Å². The van der Waals surface area contributed by atoms with Crippen molar-refractivity contribution in [2.45, 2.75) is 13.3 Å². The van der Waals surface area contributed by atoms with Crippen LogP contribution in [0, 0.1) is 0 Å². The third-order valence-corrected chi connectivity index (χ3v) is 1.00. The van der Waals surface area contributed by atoms with Crippen LogP contribution in [0.4, 0.5) is 0 Å². The van der Waals surface area contributed by atoms with Crippen molar-refractivity contribution < 1.29 is 14.3 Å². The zero-order valence-electron chi connectivity index (χ0n) is 5.01.